The van der Waals surface area contributed by atoms with Gasteiger partial charge in [0.15, 0.2) is 11.6 Å². The van der Waals surface area contributed by atoms with Crippen LogP contribution in [0.2, 0.25) is 0 Å². The van der Waals surface area contributed by atoms with Gasteiger partial charge < -0.3 is 15.7 Å². The number of aromatic amines is 1. The maximum absolute atomic E-state index is 13.9. The van der Waals surface area contributed by atoms with Gasteiger partial charge in [-0.1, -0.05) is 12.1 Å². The number of benzene rings is 1. The lowest BCUT2D eigenvalue weighted by Gasteiger charge is -2.15. The van der Waals surface area contributed by atoms with E-state index in [-0.39, 0.29) is 12.1 Å². The Morgan fingerprint density at radius 2 is 2.10 bits per heavy atom. The monoisotopic (exact) mass is 395 g/mol. The van der Waals surface area contributed by atoms with Gasteiger partial charge in [-0.25, -0.2) is 19.6 Å². The fourth-order valence-corrected chi connectivity index (χ4v) is 3.13. The zero-order valence-corrected chi connectivity index (χ0v) is 15.6. The topological polar surface area (TPSA) is 102 Å². The van der Waals surface area contributed by atoms with Crippen molar-refractivity contribution in [3.05, 3.63) is 78.0 Å². The number of halogens is 2. The first-order valence-electron chi connectivity index (χ1n) is 8.80. The summed E-state index contributed by atoms with van der Waals surface area (Å²) in [4.78, 5) is 7.50. The van der Waals surface area contributed by atoms with E-state index in [0.29, 0.717) is 16.9 Å². The molecule has 3 heterocycles. The Labute approximate surface area is 165 Å². The number of nitrogens with two attached hydrogens (primary N) is 2. The molecular formula is C20H19F2N7. The molecule has 0 unspecified atom stereocenters. The summed E-state index contributed by atoms with van der Waals surface area (Å²) in [5.41, 5.74) is 9.92. The van der Waals surface area contributed by atoms with E-state index in [1.165, 1.54) is 23.3 Å². The molecule has 7 nitrogen and oxygen atoms in total. The molecule has 0 bridgehead atoms. The summed E-state index contributed by atoms with van der Waals surface area (Å²) in [6.45, 7) is -0.0359. The zero-order valence-electron chi connectivity index (χ0n) is 15.6. The van der Waals surface area contributed by atoms with Crippen molar-refractivity contribution in [2.75, 3.05) is 0 Å². The van der Waals surface area contributed by atoms with Crippen LogP contribution in [-0.4, -0.2) is 24.8 Å². The van der Waals surface area contributed by atoms with Crippen molar-refractivity contribution in [2.45, 2.75) is 6.54 Å². The maximum Gasteiger partial charge on any atom is 0.163 e. The van der Waals surface area contributed by atoms with Crippen LogP contribution in [0.5, 0.6) is 0 Å². The summed E-state index contributed by atoms with van der Waals surface area (Å²) in [6.07, 6.45) is 8.60. The predicted octanol–water partition coefficient (Wildman–Crippen LogP) is 2.87. The average molecular weight is 395 g/mol. The number of rotatable bonds is 5. The van der Waals surface area contributed by atoms with Gasteiger partial charge in [-0.05, 0) is 12.1 Å². The SMILES string of the molecule is Cn1cc(-c2cnc3[nH]cc(/C(N)=C/N(N)Cc4cccc(F)c4F)c3c2)cn1. The Balaban J connectivity index is 1.63. The van der Waals surface area contributed by atoms with Crippen molar-refractivity contribution in [1.82, 2.24) is 24.8 Å². The van der Waals surface area contributed by atoms with Crippen LogP contribution in [0.1, 0.15) is 11.1 Å². The van der Waals surface area contributed by atoms with E-state index >= 15 is 0 Å². The molecule has 9 heteroatoms. The number of hydrazine groups is 1. The summed E-state index contributed by atoms with van der Waals surface area (Å²) < 4.78 is 28.9. The Bertz CT molecular complexity index is 1210. The third-order valence-electron chi connectivity index (χ3n) is 4.57. The predicted molar refractivity (Wildman–Crippen MR) is 107 cm³/mol. The van der Waals surface area contributed by atoms with Crippen molar-refractivity contribution >= 4 is 16.7 Å². The Morgan fingerprint density at radius 3 is 2.86 bits per heavy atom. The van der Waals surface area contributed by atoms with Gasteiger partial charge in [-0.15, -0.1) is 0 Å². The number of H-pyrrole nitrogens is 1. The van der Waals surface area contributed by atoms with Crippen molar-refractivity contribution in [3.63, 3.8) is 0 Å². The van der Waals surface area contributed by atoms with Crippen LogP contribution in [0.4, 0.5) is 8.78 Å². The molecule has 0 aliphatic rings. The molecule has 1 aromatic carbocycles. The maximum atomic E-state index is 13.9. The molecule has 0 spiro atoms. The highest BCUT2D eigenvalue weighted by atomic mass is 19.2. The van der Waals surface area contributed by atoms with Gasteiger partial charge in [0, 0.05) is 59.5 Å². The molecule has 0 atom stereocenters. The van der Waals surface area contributed by atoms with Crippen LogP contribution < -0.4 is 11.6 Å². The summed E-state index contributed by atoms with van der Waals surface area (Å²) >= 11 is 0. The van der Waals surface area contributed by atoms with E-state index in [9.17, 15) is 8.78 Å². The Hall–Kier alpha value is -3.72. The number of nitrogens with zero attached hydrogens (tertiary/aromatic N) is 4. The fraction of sp³-hybridized carbons (Fsp3) is 0.100. The minimum absolute atomic E-state index is 0.0359. The van der Waals surface area contributed by atoms with Crippen LogP contribution in [-0.2, 0) is 13.6 Å². The molecule has 4 rings (SSSR count). The highest BCUT2D eigenvalue weighted by Gasteiger charge is 2.12. The second kappa shape index (κ2) is 7.36. The van der Waals surface area contributed by atoms with E-state index in [1.54, 1.807) is 23.3 Å². The third kappa shape index (κ3) is 3.67. The lowest BCUT2D eigenvalue weighted by atomic mass is 10.1. The van der Waals surface area contributed by atoms with Crippen molar-refractivity contribution in [2.24, 2.45) is 18.6 Å². The quantitative estimate of drug-likeness (QED) is 0.356. The standard InChI is InChI=1S/C20H19F2N7/c1-28-9-14(7-27-28)13-5-15-16(8-26-20(15)25-6-13)18(23)11-29(24)10-12-3-2-4-17(21)19(12)22/h2-9,11H,10,23-24H2,1H3,(H,25,26)/b18-11-. The third-order valence-corrected chi connectivity index (χ3v) is 4.57. The smallest absolute Gasteiger partial charge is 0.163 e. The van der Waals surface area contributed by atoms with Gasteiger partial charge >= 0.3 is 0 Å². The molecule has 148 valence electrons. The van der Waals surface area contributed by atoms with Crippen molar-refractivity contribution in [3.8, 4) is 11.1 Å². The van der Waals surface area contributed by atoms with Gasteiger partial charge in [0.1, 0.15) is 5.65 Å². The molecular weight excluding hydrogens is 376 g/mol. The van der Waals surface area contributed by atoms with E-state index in [2.05, 4.69) is 15.1 Å². The molecule has 0 saturated carbocycles. The number of hydrogen-bond donors (Lipinski definition) is 3. The largest absolute Gasteiger partial charge is 0.397 e. The Morgan fingerprint density at radius 1 is 1.28 bits per heavy atom. The fourth-order valence-electron chi connectivity index (χ4n) is 3.13. The summed E-state index contributed by atoms with van der Waals surface area (Å²) in [7, 11) is 1.84. The summed E-state index contributed by atoms with van der Waals surface area (Å²) in [6, 6.07) is 5.92. The van der Waals surface area contributed by atoms with E-state index in [4.69, 9.17) is 11.6 Å². The minimum atomic E-state index is -0.924. The van der Waals surface area contributed by atoms with Crippen molar-refractivity contribution < 1.29 is 8.78 Å². The molecule has 0 saturated heterocycles. The molecule has 0 fully saturated rings. The van der Waals surface area contributed by atoms with Crippen LogP contribution >= 0.6 is 0 Å². The Kier molecular flexibility index (Phi) is 4.73. The highest BCUT2D eigenvalue weighted by molar-refractivity contribution is 5.92. The van der Waals surface area contributed by atoms with Gasteiger partial charge in [0.25, 0.3) is 0 Å². The van der Waals surface area contributed by atoms with Crippen LogP contribution in [0.15, 0.2) is 55.3 Å². The summed E-state index contributed by atoms with van der Waals surface area (Å²) in [5.74, 6) is 4.11. The lowest BCUT2D eigenvalue weighted by Crippen LogP contribution is -2.26. The normalized spacial score (nSPS) is 11.9. The first-order valence-corrected chi connectivity index (χ1v) is 8.80. The average Bonchev–Trinajstić information content (AvgIpc) is 3.31. The lowest BCUT2D eigenvalue weighted by molar-refractivity contribution is 0.373. The van der Waals surface area contributed by atoms with Gasteiger partial charge in [-0.3, -0.25) is 4.68 Å². The molecule has 0 radical (unpaired) electrons. The molecule has 3 aromatic heterocycles. The van der Waals surface area contributed by atoms with Gasteiger partial charge in [0.2, 0.25) is 0 Å². The molecule has 0 aliphatic heterocycles. The number of pyridine rings is 1. The molecule has 0 amide bonds. The van der Waals surface area contributed by atoms with E-state index in [1.807, 2.05) is 19.3 Å². The number of aromatic nitrogens is 4. The number of aryl methyl sites for hydroxylation is 1. The van der Waals surface area contributed by atoms with E-state index in [0.717, 1.165) is 22.6 Å². The van der Waals surface area contributed by atoms with Gasteiger partial charge in [0.05, 0.1) is 18.4 Å². The highest BCUT2D eigenvalue weighted by Crippen LogP contribution is 2.27. The summed E-state index contributed by atoms with van der Waals surface area (Å²) in [5, 5.41) is 6.20. The second-order valence-corrected chi connectivity index (χ2v) is 6.69. The number of hydrogen-bond acceptors (Lipinski definition) is 5. The molecule has 29 heavy (non-hydrogen) atoms. The molecule has 0 aliphatic carbocycles. The van der Waals surface area contributed by atoms with Gasteiger partial charge in [-0.2, -0.15) is 5.10 Å². The first kappa shape index (κ1) is 18.6. The number of nitrogens with one attached hydrogen (secondary N) is 1. The second-order valence-electron chi connectivity index (χ2n) is 6.69. The molecule has 5 N–H and O–H groups in total. The van der Waals surface area contributed by atoms with Crippen LogP contribution in [0, 0.1) is 11.6 Å². The molecule has 4 aromatic rings. The van der Waals surface area contributed by atoms with E-state index < -0.39 is 11.6 Å². The minimum Gasteiger partial charge on any atom is -0.397 e. The van der Waals surface area contributed by atoms with Crippen LogP contribution in [0.3, 0.4) is 0 Å². The number of fused-ring (bicyclic) bond motifs is 1. The van der Waals surface area contributed by atoms with Crippen molar-refractivity contribution in [1.29, 1.82) is 0 Å². The zero-order chi connectivity index (χ0) is 20.5. The first-order chi connectivity index (χ1) is 13.9. The van der Waals surface area contributed by atoms with Crippen LogP contribution in [0.25, 0.3) is 27.9 Å².